The zero-order valence-electron chi connectivity index (χ0n) is 32.4. The molecule has 0 unspecified atom stereocenters. The first-order chi connectivity index (χ1) is 28.3. The van der Waals surface area contributed by atoms with Crippen molar-refractivity contribution in [3.05, 3.63) is 168 Å². The molecule has 0 saturated heterocycles. The van der Waals surface area contributed by atoms with Crippen molar-refractivity contribution in [3.8, 4) is 0 Å². The van der Waals surface area contributed by atoms with Crippen LogP contribution < -0.4 is 9.80 Å². The van der Waals surface area contributed by atoms with E-state index in [-0.39, 0.29) is 10.8 Å². The van der Waals surface area contributed by atoms with E-state index in [0.717, 1.165) is 111 Å². The van der Waals surface area contributed by atoms with Crippen LogP contribution in [0.1, 0.15) is 49.9 Å². The van der Waals surface area contributed by atoms with E-state index in [1.165, 1.54) is 11.1 Å². The first-order valence-electron chi connectivity index (χ1n) is 19.9. The van der Waals surface area contributed by atoms with Crippen LogP contribution in [0.15, 0.2) is 163 Å². The summed E-state index contributed by atoms with van der Waals surface area (Å²) in [4.78, 5) is 4.50. The maximum absolute atomic E-state index is 7.06. The fourth-order valence-corrected chi connectivity index (χ4v) is 10.3. The Morgan fingerprint density at radius 2 is 0.776 bits per heavy atom. The molecule has 2 aliphatic rings. The van der Waals surface area contributed by atoms with Crippen molar-refractivity contribution in [3.63, 3.8) is 0 Å². The van der Waals surface area contributed by atoms with Crippen LogP contribution in [0.5, 0.6) is 0 Å². The first kappa shape index (κ1) is 32.0. The van der Waals surface area contributed by atoms with Crippen LogP contribution in [0, 0.1) is 0 Å². The highest BCUT2D eigenvalue weighted by atomic mass is 16.4. The van der Waals surface area contributed by atoms with E-state index in [1.807, 2.05) is 36.4 Å². The van der Waals surface area contributed by atoms with E-state index < -0.39 is 0 Å². The molecule has 11 aromatic rings. The minimum atomic E-state index is -0.361. The maximum Gasteiger partial charge on any atom is 0.205 e. The van der Waals surface area contributed by atoms with Gasteiger partial charge in [-0.15, -0.1) is 0 Å². The van der Waals surface area contributed by atoms with Gasteiger partial charge in [-0.3, -0.25) is 9.80 Å². The molecule has 0 amide bonds. The van der Waals surface area contributed by atoms with Crippen molar-refractivity contribution in [2.45, 2.75) is 38.5 Å². The Morgan fingerprint density at radius 3 is 1.22 bits per heavy atom. The van der Waals surface area contributed by atoms with Crippen LogP contribution in [-0.2, 0) is 10.8 Å². The molecule has 6 nitrogen and oxygen atoms in total. The summed E-state index contributed by atoms with van der Waals surface area (Å²) in [6, 6.07) is 51.1. The van der Waals surface area contributed by atoms with Crippen LogP contribution in [0.25, 0.3) is 65.8 Å². The SMILES string of the molecule is CC1(C)c2ccccc2N(c2cc3ccccc3o2)c2ccc3c(oc4cc5c(cc43)oc3c4c(ccc35)N(c3cc5ccccc5o3)c3ccccc3C4(C)C)c21. The molecule has 2 aliphatic heterocycles. The van der Waals surface area contributed by atoms with Gasteiger partial charge >= 0.3 is 0 Å². The van der Waals surface area contributed by atoms with Crippen molar-refractivity contribution >= 4 is 100 Å². The van der Waals surface area contributed by atoms with Crippen LogP contribution in [0.3, 0.4) is 0 Å². The fraction of sp³-hybridized carbons (Fsp3) is 0.115. The van der Waals surface area contributed by atoms with Crippen LogP contribution in [-0.4, -0.2) is 0 Å². The number of nitrogens with zero attached hydrogens (tertiary/aromatic N) is 2. The van der Waals surface area contributed by atoms with E-state index in [2.05, 4.69) is 147 Å². The Balaban J connectivity index is 1.03. The van der Waals surface area contributed by atoms with Gasteiger partial charge in [0.05, 0.1) is 22.7 Å². The predicted octanol–water partition coefficient (Wildman–Crippen LogP) is 15.2. The van der Waals surface area contributed by atoms with E-state index in [0.29, 0.717) is 0 Å². The number of para-hydroxylation sites is 4. The van der Waals surface area contributed by atoms with Gasteiger partial charge < -0.3 is 17.7 Å². The quantitative estimate of drug-likeness (QED) is 0.175. The Kier molecular flexibility index (Phi) is 5.96. The van der Waals surface area contributed by atoms with Crippen molar-refractivity contribution < 1.29 is 17.7 Å². The Bertz CT molecular complexity index is 3250. The van der Waals surface area contributed by atoms with Gasteiger partial charge in [0, 0.05) is 66.4 Å². The minimum absolute atomic E-state index is 0.361. The Labute approximate surface area is 333 Å². The molecule has 278 valence electrons. The molecule has 0 N–H and O–H groups in total. The molecule has 7 aromatic carbocycles. The van der Waals surface area contributed by atoms with Gasteiger partial charge in [0.25, 0.3) is 0 Å². The van der Waals surface area contributed by atoms with Gasteiger partial charge in [0.1, 0.15) is 33.5 Å². The minimum Gasteiger partial charge on any atom is -0.456 e. The van der Waals surface area contributed by atoms with Crippen LogP contribution in [0.2, 0.25) is 0 Å². The molecule has 58 heavy (non-hydrogen) atoms. The highest BCUT2D eigenvalue weighted by Crippen LogP contribution is 2.58. The second-order valence-electron chi connectivity index (χ2n) is 16.9. The average molecular weight is 753 g/mol. The lowest BCUT2D eigenvalue weighted by Gasteiger charge is -2.40. The number of fused-ring (bicyclic) bond motifs is 14. The molecular weight excluding hydrogens is 717 g/mol. The molecule has 4 aromatic heterocycles. The Morgan fingerprint density at radius 1 is 0.362 bits per heavy atom. The highest BCUT2D eigenvalue weighted by Gasteiger charge is 2.42. The lowest BCUT2D eigenvalue weighted by atomic mass is 9.73. The molecule has 0 fully saturated rings. The van der Waals surface area contributed by atoms with Crippen molar-refractivity contribution in [2.24, 2.45) is 0 Å². The smallest absolute Gasteiger partial charge is 0.205 e. The largest absolute Gasteiger partial charge is 0.456 e. The summed E-state index contributed by atoms with van der Waals surface area (Å²) in [5.74, 6) is 1.55. The normalized spacial score (nSPS) is 15.4. The van der Waals surface area contributed by atoms with E-state index in [9.17, 15) is 0 Å². The number of benzene rings is 7. The lowest BCUT2D eigenvalue weighted by Crippen LogP contribution is -2.30. The summed E-state index contributed by atoms with van der Waals surface area (Å²) >= 11 is 0. The summed E-state index contributed by atoms with van der Waals surface area (Å²) in [5.41, 5.74) is 13.4. The van der Waals surface area contributed by atoms with Crippen molar-refractivity contribution in [1.82, 2.24) is 0 Å². The number of hydrogen-bond donors (Lipinski definition) is 0. The molecule has 6 heteroatoms. The number of furan rings is 4. The number of anilines is 6. The van der Waals surface area contributed by atoms with E-state index >= 15 is 0 Å². The molecule has 0 saturated carbocycles. The summed E-state index contributed by atoms with van der Waals surface area (Å²) in [6.45, 7) is 9.18. The van der Waals surface area contributed by atoms with Gasteiger partial charge in [-0.05, 0) is 71.8 Å². The molecule has 0 spiro atoms. The zero-order chi connectivity index (χ0) is 38.7. The average Bonchev–Trinajstić information content (AvgIpc) is 4.02. The molecule has 6 heterocycles. The zero-order valence-corrected chi connectivity index (χ0v) is 32.4. The summed E-state index contributed by atoms with van der Waals surface area (Å²) in [7, 11) is 0. The third kappa shape index (κ3) is 4.01. The molecule has 13 rings (SSSR count). The van der Waals surface area contributed by atoms with E-state index in [4.69, 9.17) is 17.7 Å². The first-order valence-corrected chi connectivity index (χ1v) is 19.9. The maximum atomic E-state index is 7.06. The van der Waals surface area contributed by atoms with Crippen molar-refractivity contribution in [2.75, 3.05) is 9.80 Å². The molecule has 0 aliphatic carbocycles. The highest BCUT2D eigenvalue weighted by molar-refractivity contribution is 6.17. The van der Waals surface area contributed by atoms with Crippen LogP contribution >= 0.6 is 0 Å². The van der Waals surface area contributed by atoms with Gasteiger partial charge in [-0.2, -0.15) is 0 Å². The topological polar surface area (TPSA) is 59.0 Å². The molecular formula is C52H36N2O4. The fourth-order valence-electron chi connectivity index (χ4n) is 10.3. The number of rotatable bonds is 2. The van der Waals surface area contributed by atoms with Gasteiger partial charge in [0.2, 0.25) is 11.8 Å². The monoisotopic (exact) mass is 752 g/mol. The third-order valence-corrected chi connectivity index (χ3v) is 13.0. The second kappa shape index (κ2) is 10.8. The van der Waals surface area contributed by atoms with Crippen molar-refractivity contribution in [1.29, 1.82) is 0 Å². The molecule has 0 atom stereocenters. The molecule has 0 bridgehead atoms. The van der Waals surface area contributed by atoms with Gasteiger partial charge in [-0.1, -0.05) is 100 Å². The molecule has 0 radical (unpaired) electrons. The summed E-state index contributed by atoms with van der Waals surface area (Å²) in [5, 5.41) is 6.29. The van der Waals surface area contributed by atoms with Gasteiger partial charge in [0.15, 0.2) is 0 Å². The lowest BCUT2D eigenvalue weighted by molar-refractivity contribution is 0.586. The number of hydrogen-bond acceptors (Lipinski definition) is 6. The standard InChI is InChI=1S/C52H36N2O4/c1-51(2)35-15-7-9-17-37(35)53(45-25-29-13-5-11-19-41(29)55-45)39-23-21-31-33-27-44-34(28-43(33)57-49(31)47(39)51)32-22-24-40-48(50(32)58-44)52(3,4)36-16-8-10-18-38(36)54(40)46-26-30-14-6-12-20-42(30)56-46/h5-28H,1-4H3. The Hall–Kier alpha value is -7.18. The van der Waals surface area contributed by atoms with E-state index in [1.54, 1.807) is 0 Å². The summed E-state index contributed by atoms with van der Waals surface area (Å²) < 4.78 is 27.2. The van der Waals surface area contributed by atoms with Crippen LogP contribution in [0.4, 0.5) is 34.5 Å². The predicted molar refractivity (Wildman–Crippen MR) is 234 cm³/mol. The summed E-state index contributed by atoms with van der Waals surface area (Å²) in [6.07, 6.45) is 0. The van der Waals surface area contributed by atoms with Gasteiger partial charge in [-0.25, -0.2) is 0 Å². The second-order valence-corrected chi connectivity index (χ2v) is 16.9. The third-order valence-electron chi connectivity index (χ3n) is 13.0.